The van der Waals surface area contributed by atoms with Crippen molar-refractivity contribution < 1.29 is 31.9 Å². The molecule has 0 aliphatic carbocycles. The predicted octanol–water partition coefficient (Wildman–Crippen LogP) is 2.06. The van der Waals surface area contributed by atoms with Gasteiger partial charge in [-0.15, -0.1) is 0 Å². The highest BCUT2D eigenvalue weighted by molar-refractivity contribution is 7.89. The van der Waals surface area contributed by atoms with Crippen molar-refractivity contribution in [3.8, 4) is 0 Å². The van der Waals surface area contributed by atoms with Crippen molar-refractivity contribution in [1.82, 2.24) is 9.29 Å². The number of sulfonamides is 1. The maximum Gasteiger partial charge on any atom is 0.337 e. The summed E-state index contributed by atoms with van der Waals surface area (Å²) in [6.07, 6.45) is 0.256. The Balaban J connectivity index is 1.96. The number of carboxylic acids is 1. The molecular formula is C15H14ClFN2O6S. The maximum absolute atomic E-state index is 14.2. The van der Waals surface area contributed by atoms with Gasteiger partial charge in [0.05, 0.1) is 22.8 Å². The molecule has 11 heteroatoms. The number of fused-ring (bicyclic) bond motifs is 1. The van der Waals surface area contributed by atoms with Crippen molar-refractivity contribution in [3.63, 3.8) is 0 Å². The highest BCUT2D eigenvalue weighted by Crippen LogP contribution is 2.29. The number of hydrogen-bond acceptors (Lipinski definition) is 6. The van der Waals surface area contributed by atoms with Gasteiger partial charge >= 0.3 is 5.97 Å². The fourth-order valence-electron chi connectivity index (χ4n) is 2.65. The molecular weight excluding hydrogens is 391 g/mol. The molecule has 1 aromatic heterocycles. The molecule has 1 aromatic carbocycles. The largest absolute Gasteiger partial charge is 0.478 e. The van der Waals surface area contributed by atoms with Crippen LogP contribution in [0.5, 0.6) is 0 Å². The van der Waals surface area contributed by atoms with Crippen LogP contribution in [0.25, 0.3) is 0 Å². The lowest BCUT2D eigenvalue weighted by Crippen LogP contribution is -2.36. The number of oxazole rings is 1. The molecule has 0 spiro atoms. The Kier molecular flexibility index (Phi) is 5.02. The lowest BCUT2D eigenvalue weighted by atomic mass is 10.2. The molecule has 1 aliphatic rings. The number of hydrogen-bond donors (Lipinski definition) is 1. The highest BCUT2D eigenvalue weighted by Gasteiger charge is 2.34. The van der Waals surface area contributed by atoms with Crippen LogP contribution < -0.4 is 0 Å². The van der Waals surface area contributed by atoms with Gasteiger partial charge in [-0.25, -0.2) is 22.6 Å². The molecule has 1 aliphatic heterocycles. The van der Waals surface area contributed by atoms with E-state index >= 15 is 0 Å². The Labute approximate surface area is 153 Å². The van der Waals surface area contributed by atoms with Gasteiger partial charge in [-0.05, 0) is 12.1 Å². The number of carboxylic acid groups (broad SMARTS) is 1. The summed E-state index contributed by atoms with van der Waals surface area (Å²) >= 11 is 5.67. The molecule has 8 nitrogen and oxygen atoms in total. The van der Waals surface area contributed by atoms with Gasteiger partial charge in [0.15, 0.2) is 0 Å². The molecule has 0 saturated carbocycles. The lowest BCUT2D eigenvalue weighted by Gasteiger charge is -2.25. The second-order valence-corrected chi connectivity index (χ2v) is 7.88. The Morgan fingerprint density at radius 2 is 2.23 bits per heavy atom. The maximum atomic E-state index is 14.2. The van der Waals surface area contributed by atoms with Crippen molar-refractivity contribution in [2.75, 3.05) is 13.7 Å². The molecule has 0 atom stereocenters. The Morgan fingerprint density at radius 1 is 1.50 bits per heavy atom. The number of nitrogens with zero attached hydrogens (tertiary/aromatic N) is 2. The SMILES string of the molecule is COCc1nc2c(o1)CCN(S(=O)(=O)c1cc(C(=O)O)c(Cl)cc1F)C2. The van der Waals surface area contributed by atoms with Gasteiger partial charge in [-0.3, -0.25) is 0 Å². The Bertz CT molecular complexity index is 975. The van der Waals surface area contributed by atoms with Crippen LogP contribution in [0.2, 0.25) is 5.02 Å². The van der Waals surface area contributed by atoms with Gasteiger partial charge in [0, 0.05) is 20.1 Å². The van der Waals surface area contributed by atoms with E-state index in [1.165, 1.54) is 7.11 Å². The summed E-state index contributed by atoms with van der Waals surface area (Å²) in [5.41, 5.74) is -0.0761. The first-order chi connectivity index (χ1) is 12.2. The third-order valence-electron chi connectivity index (χ3n) is 3.87. The van der Waals surface area contributed by atoms with Crippen molar-refractivity contribution in [3.05, 3.63) is 45.9 Å². The van der Waals surface area contributed by atoms with E-state index in [9.17, 15) is 17.6 Å². The van der Waals surface area contributed by atoms with Gasteiger partial charge < -0.3 is 14.3 Å². The molecule has 0 unspecified atom stereocenters. The van der Waals surface area contributed by atoms with Crippen molar-refractivity contribution in [2.24, 2.45) is 0 Å². The number of aromatic carboxylic acids is 1. The molecule has 0 saturated heterocycles. The summed E-state index contributed by atoms with van der Waals surface area (Å²) in [6.45, 7) is 0.0737. The monoisotopic (exact) mass is 404 g/mol. The summed E-state index contributed by atoms with van der Waals surface area (Å²) in [4.78, 5) is 14.6. The normalized spacial score (nSPS) is 15.0. The number of rotatable bonds is 5. The second kappa shape index (κ2) is 6.95. The van der Waals surface area contributed by atoms with Crippen molar-refractivity contribution >= 4 is 27.6 Å². The third kappa shape index (κ3) is 3.32. The summed E-state index contributed by atoms with van der Waals surface area (Å²) in [7, 11) is -2.81. The molecule has 0 bridgehead atoms. The van der Waals surface area contributed by atoms with Crippen LogP contribution >= 0.6 is 11.6 Å². The first kappa shape index (κ1) is 18.8. The standard InChI is InChI=1S/C15H14ClFN2O6S/c1-24-7-14-18-11-6-19(3-2-12(11)25-14)26(22,23)13-4-8(15(20)21)9(16)5-10(13)17/h4-5H,2-3,6-7H2,1H3,(H,20,21). The topological polar surface area (TPSA) is 110 Å². The molecule has 0 amide bonds. The van der Waals surface area contributed by atoms with Gasteiger partial charge in [0.25, 0.3) is 0 Å². The molecule has 26 heavy (non-hydrogen) atoms. The van der Waals surface area contributed by atoms with E-state index in [4.69, 9.17) is 25.9 Å². The van der Waals surface area contributed by atoms with Gasteiger partial charge in [-0.2, -0.15) is 4.31 Å². The van der Waals surface area contributed by atoms with E-state index in [2.05, 4.69) is 4.98 Å². The minimum absolute atomic E-state index is 0.0431. The van der Waals surface area contributed by atoms with Crippen LogP contribution in [0.1, 0.15) is 27.7 Å². The van der Waals surface area contributed by atoms with E-state index in [0.29, 0.717) is 23.4 Å². The fourth-order valence-corrected chi connectivity index (χ4v) is 4.35. The zero-order chi connectivity index (χ0) is 19.1. The number of carbonyl (C=O) groups is 1. The smallest absolute Gasteiger partial charge is 0.337 e. The summed E-state index contributed by atoms with van der Waals surface area (Å²) in [5.74, 6) is -1.70. The molecule has 140 valence electrons. The van der Waals surface area contributed by atoms with Crippen molar-refractivity contribution in [1.29, 1.82) is 0 Å². The molecule has 3 rings (SSSR count). The van der Waals surface area contributed by atoms with Gasteiger partial charge in [0.2, 0.25) is 15.9 Å². The number of ether oxygens (including phenoxy) is 1. The predicted molar refractivity (Wildman–Crippen MR) is 86.9 cm³/mol. The molecule has 0 radical (unpaired) electrons. The number of methoxy groups -OCH3 is 1. The minimum Gasteiger partial charge on any atom is -0.478 e. The minimum atomic E-state index is -4.29. The zero-order valence-corrected chi connectivity index (χ0v) is 15.1. The van der Waals surface area contributed by atoms with E-state index in [0.717, 1.165) is 10.4 Å². The second-order valence-electron chi connectivity index (χ2n) is 5.57. The van der Waals surface area contributed by atoms with Crippen LogP contribution in [-0.2, 0) is 34.3 Å². The van der Waals surface area contributed by atoms with E-state index in [-0.39, 0.29) is 31.1 Å². The lowest BCUT2D eigenvalue weighted by molar-refractivity contribution is 0.0696. The molecule has 0 fully saturated rings. The first-order valence-electron chi connectivity index (χ1n) is 7.43. The van der Waals surface area contributed by atoms with Crippen LogP contribution in [0, 0.1) is 5.82 Å². The fraction of sp³-hybridized carbons (Fsp3) is 0.333. The summed E-state index contributed by atoms with van der Waals surface area (Å²) in [6, 6.07) is 1.41. The number of aromatic nitrogens is 1. The third-order valence-corrected chi connectivity index (χ3v) is 6.05. The van der Waals surface area contributed by atoms with Crippen molar-refractivity contribution in [2.45, 2.75) is 24.5 Å². The molecule has 2 aromatic rings. The highest BCUT2D eigenvalue weighted by atomic mass is 35.5. The van der Waals surface area contributed by atoms with E-state index < -0.39 is 32.3 Å². The first-order valence-corrected chi connectivity index (χ1v) is 9.24. The Hall–Kier alpha value is -2.01. The average Bonchev–Trinajstić information content (AvgIpc) is 2.96. The van der Waals surface area contributed by atoms with Gasteiger partial charge in [-0.1, -0.05) is 11.6 Å². The quantitative estimate of drug-likeness (QED) is 0.812. The summed E-state index contributed by atoms with van der Waals surface area (Å²) in [5, 5.41) is 8.71. The van der Waals surface area contributed by atoms with Crippen LogP contribution in [0.3, 0.4) is 0 Å². The number of benzene rings is 1. The molecule has 1 N–H and O–H groups in total. The van der Waals surface area contributed by atoms with Crippen LogP contribution in [-0.4, -0.2) is 42.4 Å². The molecule has 2 heterocycles. The number of halogens is 2. The van der Waals surface area contributed by atoms with Crippen LogP contribution in [0.15, 0.2) is 21.4 Å². The van der Waals surface area contributed by atoms with E-state index in [1.807, 2.05) is 0 Å². The zero-order valence-electron chi connectivity index (χ0n) is 13.5. The van der Waals surface area contributed by atoms with Crippen LogP contribution in [0.4, 0.5) is 4.39 Å². The van der Waals surface area contributed by atoms with Gasteiger partial charge in [0.1, 0.15) is 23.1 Å². The van der Waals surface area contributed by atoms with E-state index in [1.54, 1.807) is 0 Å². The summed E-state index contributed by atoms with van der Waals surface area (Å²) < 4.78 is 51.2. The Morgan fingerprint density at radius 3 is 2.88 bits per heavy atom. The average molecular weight is 405 g/mol.